The summed E-state index contributed by atoms with van der Waals surface area (Å²) in [6.07, 6.45) is 7.01. The molecule has 0 saturated heterocycles. The summed E-state index contributed by atoms with van der Waals surface area (Å²) in [4.78, 5) is 9.66. The standard InChI is InChI=1S/C25H33FN4O2S/c1-6-33(25(2,3)4)21-15-30-18(14-27-24(30)13-20(21)32-5)16-11-22(26)29-23(12-16)28-17-9-7-8-10-19(17)31/h6,11-15,17,19,31H,7-10H2,1-5H3,(H,28,29)/t17-,19-,33?/m0/s1. The molecule has 0 aromatic carbocycles. The van der Waals surface area contributed by atoms with E-state index in [0.29, 0.717) is 11.4 Å². The molecule has 178 valence electrons. The van der Waals surface area contributed by atoms with Gasteiger partial charge in [-0.3, -0.25) is 4.40 Å². The molecule has 6 nitrogen and oxygen atoms in total. The van der Waals surface area contributed by atoms with E-state index in [9.17, 15) is 9.50 Å². The van der Waals surface area contributed by atoms with Crippen molar-refractivity contribution < 1.29 is 14.2 Å². The highest BCUT2D eigenvalue weighted by Gasteiger charge is 2.24. The van der Waals surface area contributed by atoms with Crippen molar-refractivity contribution in [3.05, 3.63) is 36.5 Å². The minimum atomic E-state index is -0.569. The zero-order valence-electron chi connectivity index (χ0n) is 19.9. The molecule has 0 aliphatic heterocycles. The van der Waals surface area contributed by atoms with Gasteiger partial charge in [0.25, 0.3) is 0 Å². The number of imidazole rings is 1. The number of hydrogen-bond donors (Lipinski definition) is 2. The smallest absolute Gasteiger partial charge is 0.215 e. The lowest BCUT2D eigenvalue weighted by Gasteiger charge is -2.28. The van der Waals surface area contributed by atoms with Crippen LogP contribution in [0.3, 0.4) is 0 Å². The summed E-state index contributed by atoms with van der Waals surface area (Å²) in [6, 6.07) is 5.06. The minimum Gasteiger partial charge on any atom is -0.495 e. The van der Waals surface area contributed by atoms with Gasteiger partial charge in [-0.1, -0.05) is 39.0 Å². The molecule has 1 unspecified atom stereocenters. The number of hydrogen-bond acceptors (Lipinski definition) is 5. The van der Waals surface area contributed by atoms with Crippen molar-refractivity contribution in [1.29, 1.82) is 0 Å². The summed E-state index contributed by atoms with van der Waals surface area (Å²) >= 11 is 0. The zero-order chi connectivity index (χ0) is 23.8. The van der Waals surface area contributed by atoms with Gasteiger partial charge in [0.15, 0.2) is 0 Å². The molecule has 1 fully saturated rings. The molecule has 0 spiro atoms. The summed E-state index contributed by atoms with van der Waals surface area (Å²) in [7, 11) is 1.50. The molecule has 33 heavy (non-hydrogen) atoms. The van der Waals surface area contributed by atoms with Crippen LogP contribution in [0.25, 0.3) is 16.9 Å². The first-order chi connectivity index (χ1) is 15.7. The Hall–Kier alpha value is -2.45. The number of aliphatic hydroxyl groups is 1. The second-order valence-corrected chi connectivity index (χ2v) is 12.2. The predicted molar refractivity (Wildman–Crippen MR) is 134 cm³/mol. The van der Waals surface area contributed by atoms with Gasteiger partial charge < -0.3 is 15.2 Å². The topological polar surface area (TPSA) is 71.7 Å². The monoisotopic (exact) mass is 472 g/mol. The van der Waals surface area contributed by atoms with Crippen molar-refractivity contribution in [2.24, 2.45) is 0 Å². The van der Waals surface area contributed by atoms with E-state index in [1.54, 1.807) is 13.3 Å². The molecule has 0 bridgehead atoms. The lowest BCUT2D eigenvalue weighted by atomic mass is 9.92. The molecule has 3 heterocycles. The number of nitrogens with one attached hydrogen (secondary N) is 1. The van der Waals surface area contributed by atoms with Gasteiger partial charge in [0.2, 0.25) is 5.95 Å². The molecule has 4 rings (SSSR count). The number of anilines is 1. The van der Waals surface area contributed by atoms with E-state index in [2.05, 4.69) is 54.5 Å². The third kappa shape index (κ3) is 4.92. The first kappa shape index (κ1) is 23.7. The summed E-state index contributed by atoms with van der Waals surface area (Å²) in [5, 5.41) is 15.8. The van der Waals surface area contributed by atoms with E-state index in [1.807, 2.05) is 16.5 Å². The van der Waals surface area contributed by atoms with E-state index in [0.717, 1.165) is 47.7 Å². The Morgan fingerprint density at radius 3 is 2.67 bits per heavy atom. The molecule has 2 N–H and O–H groups in total. The third-order valence-corrected chi connectivity index (χ3v) is 8.65. The van der Waals surface area contributed by atoms with Crippen molar-refractivity contribution >= 4 is 27.3 Å². The van der Waals surface area contributed by atoms with Crippen LogP contribution >= 0.6 is 10.5 Å². The number of pyridine rings is 2. The maximum absolute atomic E-state index is 14.5. The lowest BCUT2D eigenvalue weighted by molar-refractivity contribution is 0.116. The molecular weight excluding hydrogens is 439 g/mol. The Morgan fingerprint density at radius 1 is 1.24 bits per heavy atom. The Labute approximate surface area is 197 Å². The first-order valence-electron chi connectivity index (χ1n) is 11.4. The lowest BCUT2D eigenvalue weighted by Crippen LogP contribution is -2.36. The fourth-order valence-corrected chi connectivity index (χ4v) is 6.72. The second kappa shape index (κ2) is 9.43. The van der Waals surface area contributed by atoms with Gasteiger partial charge in [0, 0.05) is 28.6 Å². The molecular formula is C25H33FN4O2S. The summed E-state index contributed by atoms with van der Waals surface area (Å²) < 4.78 is 22.3. The van der Waals surface area contributed by atoms with Crippen LogP contribution in [0.15, 0.2) is 35.5 Å². The van der Waals surface area contributed by atoms with Gasteiger partial charge in [-0.05, 0) is 25.8 Å². The van der Waals surface area contributed by atoms with Crippen LogP contribution in [0.2, 0.25) is 0 Å². The van der Waals surface area contributed by atoms with Gasteiger partial charge in [-0.15, -0.1) is 10.5 Å². The third-order valence-electron chi connectivity index (χ3n) is 6.08. The number of halogens is 1. The van der Waals surface area contributed by atoms with Gasteiger partial charge in [-0.2, -0.15) is 4.39 Å². The van der Waals surface area contributed by atoms with Crippen molar-refractivity contribution in [3.8, 4) is 17.0 Å². The molecule has 1 aliphatic carbocycles. The molecule has 1 saturated carbocycles. The average Bonchev–Trinajstić information content (AvgIpc) is 3.17. The van der Waals surface area contributed by atoms with Crippen molar-refractivity contribution in [2.45, 2.75) is 75.2 Å². The number of ether oxygens (including phenoxy) is 1. The molecule has 3 aromatic rings. The first-order valence-corrected chi connectivity index (χ1v) is 12.7. The average molecular weight is 473 g/mol. The van der Waals surface area contributed by atoms with E-state index >= 15 is 0 Å². The highest BCUT2D eigenvalue weighted by atomic mass is 32.2. The quantitative estimate of drug-likeness (QED) is 0.379. The molecule has 1 aliphatic rings. The van der Waals surface area contributed by atoms with E-state index in [-0.39, 0.29) is 21.3 Å². The molecule has 8 heteroatoms. The highest BCUT2D eigenvalue weighted by Crippen LogP contribution is 2.44. The summed E-state index contributed by atoms with van der Waals surface area (Å²) in [6.45, 7) is 8.71. The Bertz CT molecular complexity index is 1190. The fourth-order valence-electron chi connectivity index (χ4n) is 4.52. The van der Waals surface area contributed by atoms with Crippen molar-refractivity contribution in [3.63, 3.8) is 0 Å². The fraction of sp³-hybridized carbons (Fsp3) is 0.480. The van der Waals surface area contributed by atoms with Gasteiger partial charge >= 0.3 is 0 Å². The van der Waals surface area contributed by atoms with Crippen LogP contribution < -0.4 is 10.1 Å². The number of methoxy groups -OCH3 is 1. The molecule has 0 radical (unpaired) electrons. The summed E-state index contributed by atoms with van der Waals surface area (Å²) in [5.41, 5.74) is 2.18. The number of aromatic nitrogens is 3. The summed E-state index contributed by atoms with van der Waals surface area (Å²) in [5.74, 6) is 0.654. The van der Waals surface area contributed by atoms with Crippen LogP contribution in [-0.4, -0.2) is 48.8 Å². The van der Waals surface area contributed by atoms with Crippen LogP contribution in [0.1, 0.15) is 53.4 Å². The Kier molecular flexibility index (Phi) is 6.77. The van der Waals surface area contributed by atoms with Crippen LogP contribution in [0.4, 0.5) is 10.2 Å². The molecule has 3 aromatic heterocycles. The SMILES string of the molecule is C/C=S(/c1cn2c(-c3cc(F)nc(N[C@H]4CCCC[C@@H]4O)c3)cnc2cc1OC)C(C)(C)C. The van der Waals surface area contributed by atoms with E-state index in [1.165, 1.54) is 6.07 Å². The van der Waals surface area contributed by atoms with Crippen molar-refractivity contribution in [1.82, 2.24) is 14.4 Å². The van der Waals surface area contributed by atoms with E-state index < -0.39 is 12.1 Å². The zero-order valence-corrected chi connectivity index (χ0v) is 20.7. The van der Waals surface area contributed by atoms with Crippen LogP contribution in [0.5, 0.6) is 5.75 Å². The molecule has 3 atom stereocenters. The van der Waals surface area contributed by atoms with Crippen LogP contribution in [0, 0.1) is 5.95 Å². The number of rotatable bonds is 5. The Balaban J connectivity index is 1.79. The maximum Gasteiger partial charge on any atom is 0.215 e. The highest BCUT2D eigenvalue weighted by molar-refractivity contribution is 8.16. The maximum atomic E-state index is 14.5. The number of nitrogens with zero attached hydrogens (tertiary/aromatic N) is 3. The minimum absolute atomic E-state index is 0.0249. The predicted octanol–water partition coefficient (Wildman–Crippen LogP) is 5.51. The Morgan fingerprint density at radius 2 is 2.00 bits per heavy atom. The number of aliphatic hydroxyl groups excluding tert-OH is 1. The van der Waals surface area contributed by atoms with Crippen molar-refractivity contribution in [2.75, 3.05) is 12.4 Å². The normalized spacial score (nSPS) is 20.2. The van der Waals surface area contributed by atoms with Crippen LogP contribution in [-0.2, 0) is 0 Å². The second-order valence-electron chi connectivity index (χ2n) is 9.43. The largest absolute Gasteiger partial charge is 0.495 e. The van der Waals surface area contributed by atoms with E-state index in [4.69, 9.17) is 4.74 Å². The number of fused-ring (bicyclic) bond motifs is 1. The van der Waals surface area contributed by atoms with Gasteiger partial charge in [0.05, 0.1) is 36.0 Å². The van der Waals surface area contributed by atoms with Gasteiger partial charge in [0.1, 0.15) is 17.2 Å². The molecule has 0 amide bonds. The van der Waals surface area contributed by atoms with Gasteiger partial charge in [-0.25, -0.2) is 9.97 Å².